The van der Waals surface area contributed by atoms with Gasteiger partial charge in [-0.2, -0.15) is 0 Å². The average molecular weight is 547 g/mol. The molecule has 0 saturated heterocycles. The lowest BCUT2D eigenvalue weighted by Gasteiger charge is -2.16. The Balaban J connectivity index is 1.45. The number of aryl methyl sites for hydroxylation is 1. The fraction of sp³-hybridized carbons (Fsp3) is 0.129. The normalized spacial score (nSPS) is 12.1. The fourth-order valence-corrected chi connectivity index (χ4v) is 4.87. The van der Waals surface area contributed by atoms with Crippen molar-refractivity contribution in [3.8, 4) is 22.9 Å². The molecule has 0 amide bonds. The van der Waals surface area contributed by atoms with Crippen LogP contribution in [0.25, 0.3) is 33.4 Å². The van der Waals surface area contributed by atoms with Crippen LogP contribution in [0.5, 0.6) is 11.5 Å². The lowest BCUT2D eigenvalue weighted by molar-refractivity contribution is -0.122. The number of aliphatic hydroxyl groups excluding tert-OH is 1. The number of carbonyl (C=O) groups is 1. The third kappa shape index (κ3) is 4.92. The molecule has 0 aliphatic heterocycles. The molecule has 10 nitrogen and oxygen atoms in total. The highest BCUT2D eigenvalue weighted by molar-refractivity contribution is 5.93. The largest absolute Gasteiger partial charge is 0.505 e. The Kier molecular flexibility index (Phi) is 6.52. The second-order valence-electron chi connectivity index (χ2n) is 9.87. The van der Waals surface area contributed by atoms with Gasteiger partial charge in [-0.25, -0.2) is 0 Å². The maximum atomic E-state index is 12.1. The minimum Gasteiger partial charge on any atom is -0.505 e. The highest BCUT2D eigenvalue weighted by Crippen LogP contribution is 2.35. The smallest absolute Gasteiger partial charge is 0.183 e. The summed E-state index contributed by atoms with van der Waals surface area (Å²) < 4.78 is 0. The van der Waals surface area contributed by atoms with Crippen molar-refractivity contribution in [1.29, 1.82) is 0 Å². The Labute approximate surface area is 234 Å². The quantitative estimate of drug-likeness (QED) is 0.242. The third-order valence-electron chi connectivity index (χ3n) is 6.89. The van der Waals surface area contributed by atoms with Gasteiger partial charge in [0.2, 0.25) is 0 Å². The van der Waals surface area contributed by atoms with E-state index in [1.54, 1.807) is 18.2 Å². The summed E-state index contributed by atoms with van der Waals surface area (Å²) >= 11 is 0. The lowest BCUT2D eigenvalue weighted by atomic mass is 9.95. The van der Waals surface area contributed by atoms with Crippen LogP contribution in [0.4, 0.5) is 0 Å². The van der Waals surface area contributed by atoms with E-state index in [4.69, 9.17) is 0 Å². The van der Waals surface area contributed by atoms with E-state index in [1.165, 1.54) is 9.59 Å². The monoisotopic (exact) mass is 546 g/mol. The number of ketones is 1. The van der Waals surface area contributed by atoms with E-state index in [1.807, 2.05) is 61.5 Å². The van der Waals surface area contributed by atoms with Gasteiger partial charge in [-0.3, -0.25) is 4.79 Å². The first kappa shape index (κ1) is 25.9. The predicted octanol–water partition coefficient (Wildman–Crippen LogP) is 4.12. The second kappa shape index (κ2) is 10.3. The van der Waals surface area contributed by atoms with Gasteiger partial charge in [-0.15, -0.1) is 30.0 Å². The summed E-state index contributed by atoms with van der Waals surface area (Å²) in [5.41, 5.74) is 5.75. The molecule has 4 aromatic carbocycles. The van der Waals surface area contributed by atoms with Gasteiger partial charge in [0.05, 0.1) is 0 Å². The molecule has 0 fully saturated rings. The zero-order valence-corrected chi connectivity index (χ0v) is 22.1. The van der Waals surface area contributed by atoms with Crippen molar-refractivity contribution < 1.29 is 20.1 Å². The summed E-state index contributed by atoms with van der Waals surface area (Å²) in [7, 11) is 0. The Morgan fingerprint density at radius 1 is 0.805 bits per heavy atom. The number of carbonyl (C=O) groups excluding carboxylic acids is 1. The maximum Gasteiger partial charge on any atom is 0.183 e. The molecule has 2 aromatic heterocycles. The molecule has 2 heterocycles. The maximum absolute atomic E-state index is 12.1. The first-order valence-electron chi connectivity index (χ1n) is 13.0. The van der Waals surface area contributed by atoms with Gasteiger partial charge in [0.25, 0.3) is 0 Å². The summed E-state index contributed by atoms with van der Waals surface area (Å²) in [6.07, 6.45) is -0.115. The zero-order chi connectivity index (χ0) is 28.7. The highest BCUT2D eigenvalue weighted by Gasteiger charge is 2.21. The van der Waals surface area contributed by atoms with E-state index in [2.05, 4.69) is 27.0 Å². The van der Waals surface area contributed by atoms with Gasteiger partial charge < -0.3 is 15.3 Å². The molecular weight excluding hydrogens is 520 g/mol. The van der Waals surface area contributed by atoms with Gasteiger partial charge in [0.1, 0.15) is 51.0 Å². The standard InChI is InChI=1S/C31H26N6O4/c1-3-28(38)29(39)16-19-14-21(31(41)27(15-19)37-34-24-10-6-7-11-25(24)35-37)17-20-12-18(2)13-26(30(20)40)36-32-22-8-4-5-9-23(22)33-36/h3-15,29,39-41H,1,16-17H2,2H3. The number of hydrogen-bond donors (Lipinski definition) is 3. The topological polar surface area (TPSA) is 139 Å². The number of aliphatic hydroxyl groups is 1. The SMILES string of the molecule is C=CC(=O)C(O)Cc1cc(Cc2cc(C)cc(-n3nc4ccccc4n3)c2O)c(O)c(-n2nc3ccccc3n2)c1. The van der Waals surface area contributed by atoms with E-state index in [-0.39, 0.29) is 30.0 Å². The van der Waals surface area contributed by atoms with Crippen LogP contribution in [-0.4, -0.2) is 57.2 Å². The number of nitrogens with zero attached hydrogens (tertiary/aromatic N) is 6. The molecule has 1 atom stereocenters. The van der Waals surface area contributed by atoms with Crippen molar-refractivity contribution in [3.05, 3.63) is 108 Å². The van der Waals surface area contributed by atoms with Crippen molar-refractivity contribution in [2.24, 2.45) is 0 Å². The van der Waals surface area contributed by atoms with Gasteiger partial charge in [-0.05, 0) is 60.5 Å². The van der Waals surface area contributed by atoms with Gasteiger partial charge in [0, 0.05) is 24.0 Å². The van der Waals surface area contributed by atoms with Gasteiger partial charge in [-0.1, -0.05) is 43.0 Å². The van der Waals surface area contributed by atoms with Crippen molar-refractivity contribution in [2.75, 3.05) is 0 Å². The van der Waals surface area contributed by atoms with Crippen molar-refractivity contribution >= 4 is 27.9 Å². The summed E-state index contributed by atoms with van der Waals surface area (Å²) in [6, 6.07) is 21.7. The number of aromatic hydroxyl groups is 2. The molecule has 6 rings (SSSR count). The molecule has 0 bridgehead atoms. The van der Waals surface area contributed by atoms with Gasteiger partial charge >= 0.3 is 0 Å². The van der Waals surface area contributed by atoms with Crippen LogP contribution < -0.4 is 0 Å². The minimum atomic E-state index is -1.30. The molecule has 6 aromatic rings. The van der Waals surface area contributed by atoms with E-state index in [0.717, 1.165) is 11.6 Å². The molecular formula is C31H26N6O4. The number of phenols is 2. The number of benzene rings is 4. The first-order chi connectivity index (χ1) is 19.8. The molecule has 0 spiro atoms. The van der Waals surface area contributed by atoms with E-state index in [9.17, 15) is 20.1 Å². The van der Waals surface area contributed by atoms with Crippen LogP contribution in [-0.2, 0) is 17.6 Å². The van der Waals surface area contributed by atoms with E-state index >= 15 is 0 Å². The van der Waals surface area contributed by atoms with Crippen LogP contribution in [0.15, 0.2) is 85.5 Å². The second-order valence-corrected chi connectivity index (χ2v) is 9.87. The predicted molar refractivity (Wildman–Crippen MR) is 154 cm³/mol. The molecule has 3 N–H and O–H groups in total. The summed E-state index contributed by atoms with van der Waals surface area (Å²) in [5, 5.41) is 51.2. The number of phenolic OH excluding ortho intramolecular Hbond substituents is 2. The average Bonchev–Trinajstić information content (AvgIpc) is 3.60. The Morgan fingerprint density at radius 2 is 1.27 bits per heavy atom. The Hall–Kier alpha value is -5.35. The van der Waals surface area contributed by atoms with Crippen molar-refractivity contribution in [2.45, 2.75) is 25.9 Å². The molecule has 10 heteroatoms. The van der Waals surface area contributed by atoms with Crippen LogP contribution in [0.3, 0.4) is 0 Å². The Morgan fingerprint density at radius 3 is 1.76 bits per heavy atom. The van der Waals surface area contributed by atoms with E-state index < -0.39 is 11.9 Å². The van der Waals surface area contributed by atoms with Crippen LogP contribution in [0, 0.1) is 6.92 Å². The number of fused-ring (bicyclic) bond motifs is 2. The number of aromatic nitrogens is 6. The van der Waals surface area contributed by atoms with Gasteiger partial charge in [0.15, 0.2) is 5.78 Å². The zero-order valence-electron chi connectivity index (χ0n) is 22.1. The van der Waals surface area contributed by atoms with E-state index in [0.29, 0.717) is 44.4 Å². The molecule has 0 aliphatic rings. The van der Waals surface area contributed by atoms with Crippen molar-refractivity contribution in [3.63, 3.8) is 0 Å². The number of hydrogen-bond acceptors (Lipinski definition) is 8. The molecule has 0 radical (unpaired) electrons. The van der Waals surface area contributed by atoms with Crippen LogP contribution in [0.2, 0.25) is 0 Å². The van der Waals surface area contributed by atoms with Crippen LogP contribution in [0.1, 0.15) is 22.3 Å². The Bertz CT molecular complexity index is 1890. The first-order valence-corrected chi connectivity index (χ1v) is 13.0. The third-order valence-corrected chi connectivity index (χ3v) is 6.89. The summed E-state index contributed by atoms with van der Waals surface area (Å²) in [4.78, 5) is 14.8. The fourth-order valence-electron chi connectivity index (χ4n) is 4.87. The summed E-state index contributed by atoms with van der Waals surface area (Å²) in [6.45, 7) is 5.35. The highest BCUT2D eigenvalue weighted by atomic mass is 16.3. The molecule has 1 unspecified atom stereocenters. The molecule has 41 heavy (non-hydrogen) atoms. The lowest BCUT2D eigenvalue weighted by Crippen LogP contribution is -2.21. The van der Waals surface area contributed by atoms with Crippen LogP contribution >= 0.6 is 0 Å². The molecule has 0 aliphatic carbocycles. The molecule has 0 saturated carbocycles. The minimum absolute atomic E-state index is 0.0131. The molecule has 204 valence electrons. The van der Waals surface area contributed by atoms with Crippen molar-refractivity contribution in [1.82, 2.24) is 30.0 Å². The summed E-state index contributed by atoms with van der Waals surface area (Å²) in [5.74, 6) is -0.639. The number of rotatable bonds is 8.